The van der Waals surface area contributed by atoms with Gasteiger partial charge in [0, 0.05) is 5.56 Å². The first-order chi connectivity index (χ1) is 7.49. The van der Waals surface area contributed by atoms with Crippen LogP contribution in [0.15, 0.2) is 12.1 Å². The highest BCUT2D eigenvalue weighted by Crippen LogP contribution is 2.27. The summed E-state index contributed by atoms with van der Waals surface area (Å²) in [5.41, 5.74) is 0.354. The SMILES string of the molecule is CCOc1c(C(=O)O)ccc(C(=O)O)c1C. The Morgan fingerprint density at radius 3 is 2.12 bits per heavy atom. The van der Waals surface area contributed by atoms with Crippen molar-refractivity contribution >= 4 is 11.9 Å². The number of aromatic carboxylic acids is 2. The number of ether oxygens (including phenoxy) is 1. The van der Waals surface area contributed by atoms with Crippen LogP contribution in [-0.2, 0) is 0 Å². The largest absolute Gasteiger partial charge is 0.493 e. The highest BCUT2D eigenvalue weighted by atomic mass is 16.5. The number of rotatable bonds is 4. The highest BCUT2D eigenvalue weighted by Gasteiger charge is 2.18. The third-order valence-electron chi connectivity index (χ3n) is 2.16. The first-order valence-electron chi connectivity index (χ1n) is 4.72. The lowest BCUT2D eigenvalue weighted by atomic mass is 10.0. The van der Waals surface area contributed by atoms with Crippen LogP contribution in [0.2, 0.25) is 0 Å². The number of hydrogen-bond acceptors (Lipinski definition) is 3. The number of hydrogen-bond donors (Lipinski definition) is 2. The Morgan fingerprint density at radius 2 is 1.69 bits per heavy atom. The first-order valence-corrected chi connectivity index (χ1v) is 4.72. The average Bonchev–Trinajstić information content (AvgIpc) is 2.20. The third kappa shape index (κ3) is 2.13. The van der Waals surface area contributed by atoms with Crippen molar-refractivity contribution < 1.29 is 24.5 Å². The van der Waals surface area contributed by atoms with Crippen LogP contribution < -0.4 is 4.74 Å². The predicted octanol–water partition coefficient (Wildman–Crippen LogP) is 1.79. The monoisotopic (exact) mass is 224 g/mol. The van der Waals surface area contributed by atoms with Gasteiger partial charge in [-0.15, -0.1) is 0 Å². The van der Waals surface area contributed by atoms with Crippen molar-refractivity contribution in [3.63, 3.8) is 0 Å². The lowest BCUT2D eigenvalue weighted by Gasteiger charge is -2.12. The molecule has 5 nitrogen and oxygen atoms in total. The molecule has 86 valence electrons. The van der Waals surface area contributed by atoms with E-state index in [1.54, 1.807) is 6.92 Å². The third-order valence-corrected chi connectivity index (χ3v) is 2.16. The Balaban J connectivity index is 3.41. The molecule has 0 saturated carbocycles. The topological polar surface area (TPSA) is 83.8 Å². The quantitative estimate of drug-likeness (QED) is 0.814. The van der Waals surface area contributed by atoms with Gasteiger partial charge in [0.1, 0.15) is 11.3 Å². The van der Waals surface area contributed by atoms with Gasteiger partial charge >= 0.3 is 11.9 Å². The van der Waals surface area contributed by atoms with Crippen LogP contribution in [0.3, 0.4) is 0 Å². The van der Waals surface area contributed by atoms with E-state index in [1.807, 2.05) is 0 Å². The van der Waals surface area contributed by atoms with Crippen LogP contribution in [0.4, 0.5) is 0 Å². The Kier molecular flexibility index (Phi) is 3.50. The normalized spacial score (nSPS) is 9.88. The van der Waals surface area contributed by atoms with E-state index in [9.17, 15) is 9.59 Å². The highest BCUT2D eigenvalue weighted by molar-refractivity contribution is 5.96. The standard InChI is InChI=1S/C11H12O5/c1-3-16-9-6(2)7(10(12)13)4-5-8(9)11(14)15/h4-5H,3H2,1-2H3,(H,12,13)(H,14,15). The molecule has 0 aliphatic rings. The molecule has 0 aliphatic carbocycles. The van der Waals surface area contributed by atoms with Crippen LogP contribution in [0.5, 0.6) is 5.75 Å². The van der Waals surface area contributed by atoms with E-state index in [0.717, 1.165) is 0 Å². The Hall–Kier alpha value is -2.04. The number of carboxylic acids is 2. The summed E-state index contributed by atoms with van der Waals surface area (Å²) in [6.45, 7) is 3.52. The van der Waals surface area contributed by atoms with E-state index >= 15 is 0 Å². The van der Waals surface area contributed by atoms with Gasteiger partial charge in [-0.1, -0.05) is 0 Å². The molecule has 16 heavy (non-hydrogen) atoms. The Morgan fingerprint density at radius 1 is 1.19 bits per heavy atom. The average molecular weight is 224 g/mol. The molecule has 0 fully saturated rings. The molecule has 0 heterocycles. The molecule has 0 bridgehead atoms. The number of carboxylic acid groups (broad SMARTS) is 2. The van der Waals surface area contributed by atoms with Gasteiger partial charge in [-0.3, -0.25) is 0 Å². The second kappa shape index (κ2) is 4.65. The zero-order valence-electron chi connectivity index (χ0n) is 8.98. The summed E-state index contributed by atoms with van der Waals surface area (Å²) in [5, 5.41) is 17.8. The maximum atomic E-state index is 10.9. The molecule has 0 radical (unpaired) electrons. The second-order valence-electron chi connectivity index (χ2n) is 3.16. The minimum absolute atomic E-state index is 0.0237. The molecular weight excluding hydrogens is 212 g/mol. The molecule has 0 amide bonds. The van der Waals surface area contributed by atoms with Crippen LogP contribution in [0.1, 0.15) is 33.2 Å². The molecule has 0 aromatic heterocycles. The summed E-state index contributed by atoms with van der Waals surface area (Å²) in [5.74, 6) is -2.12. The smallest absolute Gasteiger partial charge is 0.339 e. The van der Waals surface area contributed by atoms with Crippen LogP contribution >= 0.6 is 0 Å². The summed E-state index contributed by atoms with van der Waals surface area (Å²) >= 11 is 0. The lowest BCUT2D eigenvalue weighted by Crippen LogP contribution is -2.08. The first kappa shape index (κ1) is 12.0. The van der Waals surface area contributed by atoms with E-state index in [-0.39, 0.29) is 23.5 Å². The van der Waals surface area contributed by atoms with Gasteiger partial charge in [0.05, 0.1) is 12.2 Å². The Labute approximate surface area is 92.3 Å². The molecule has 0 unspecified atom stereocenters. The van der Waals surface area contributed by atoms with E-state index in [4.69, 9.17) is 14.9 Å². The molecule has 0 atom stereocenters. The zero-order valence-corrected chi connectivity index (χ0v) is 8.98. The van der Waals surface area contributed by atoms with Gasteiger partial charge in [0.15, 0.2) is 0 Å². The van der Waals surface area contributed by atoms with Gasteiger partial charge in [-0.2, -0.15) is 0 Å². The van der Waals surface area contributed by atoms with Crippen LogP contribution in [-0.4, -0.2) is 28.8 Å². The van der Waals surface area contributed by atoms with E-state index < -0.39 is 11.9 Å². The van der Waals surface area contributed by atoms with Crippen LogP contribution in [0, 0.1) is 6.92 Å². The van der Waals surface area contributed by atoms with Crippen molar-refractivity contribution in [2.24, 2.45) is 0 Å². The van der Waals surface area contributed by atoms with E-state index in [1.165, 1.54) is 19.1 Å². The minimum Gasteiger partial charge on any atom is -0.493 e. The van der Waals surface area contributed by atoms with Crippen molar-refractivity contribution in [1.29, 1.82) is 0 Å². The van der Waals surface area contributed by atoms with Crippen LogP contribution in [0.25, 0.3) is 0 Å². The maximum Gasteiger partial charge on any atom is 0.339 e. The van der Waals surface area contributed by atoms with Crippen molar-refractivity contribution in [2.45, 2.75) is 13.8 Å². The maximum absolute atomic E-state index is 10.9. The molecule has 2 N–H and O–H groups in total. The lowest BCUT2D eigenvalue weighted by molar-refractivity contribution is 0.0676. The summed E-state index contributed by atoms with van der Waals surface area (Å²) in [6, 6.07) is 2.51. The Bertz CT molecular complexity index is 436. The van der Waals surface area contributed by atoms with Crippen molar-refractivity contribution in [1.82, 2.24) is 0 Å². The molecular formula is C11H12O5. The predicted molar refractivity (Wildman–Crippen MR) is 56.3 cm³/mol. The van der Waals surface area contributed by atoms with Gasteiger partial charge in [-0.25, -0.2) is 9.59 Å². The molecule has 5 heteroatoms. The van der Waals surface area contributed by atoms with E-state index in [2.05, 4.69) is 0 Å². The molecule has 0 spiro atoms. The summed E-state index contributed by atoms with van der Waals surface area (Å²) in [7, 11) is 0. The number of benzene rings is 1. The van der Waals surface area contributed by atoms with Gasteiger partial charge < -0.3 is 14.9 Å². The second-order valence-corrected chi connectivity index (χ2v) is 3.16. The summed E-state index contributed by atoms with van der Waals surface area (Å²) < 4.78 is 5.18. The van der Waals surface area contributed by atoms with Crippen molar-refractivity contribution in [3.05, 3.63) is 28.8 Å². The zero-order chi connectivity index (χ0) is 12.3. The van der Waals surface area contributed by atoms with Crippen molar-refractivity contribution in [3.8, 4) is 5.75 Å². The fourth-order valence-electron chi connectivity index (χ4n) is 1.42. The number of carbonyl (C=O) groups is 2. The van der Waals surface area contributed by atoms with Gasteiger partial charge in [0.2, 0.25) is 0 Å². The molecule has 0 saturated heterocycles. The fourth-order valence-corrected chi connectivity index (χ4v) is 1.42. The minimum atomic E-state index is -1.14. The summed E-state index contributed by atoms with van der Waals surface area (Å²) in [4.78, 5) is 21.8. The van der Waals surface area contributed by atoms with Gasteiger partial charge in [0.25, 0.3) is 0 Å². The van der Waals surface area contributed by atoms with Gasteiger partial charge in [-0.05, 0) is 26.0 Å². The van der Waals surface area contributed by atoms with E-state index in [0.29, 0.717) is 5.56 Å². The molecule has 1 rings (SSSR count). The molecule has 0 aliphatic heterocycles. The van der Waals surface area contributed by atoms with Crippen molar-refractivity contribution in [2.75, 3.05) is 6.61 Å². The molecule has 1 aromatic rings. The molecule has 1 aromatic carbocycles. The fraction of sp³-hybridized carbons (Fsp3) is 0.273. The summed E-state index contributed by atoms with van der Waals surface area (Å²) in [6.07, 6.45) is 0.